The molecule has 4 nitrogen and oxygen atoms in total. The normalized spacial score (nSPS) is 18.5. The van der Waals surface area contributed by atoms with Crippen LogP contribution in [0.25, 0.3) is 0 Å². The Bertz CT molecular complexity index is 381. The van der Waals surface area contributed by atoms with Gasteiger partial charge in [0.2, 0.25) is 5.89 Å². The van der Waals surface area contributed by atoms with Crippen molar-refractivity contribution < 1.29 is 9.32 Å². The summed E-state index contributed by atoms with van der Waals surface area (Å²) >= 11 is 0. The Morgan fingerprint density at radius 3 is 2.82 bits per heavy atom. The van der Waals surface area contributed by atoms with Gasteiger partial charge in [-0.05, 0) is 19.3 Å². The number of Topliss-reactive ketones (excluding diaryl/α,β-unsaturated/α-hetero) is 1. The van der Waals surface area contributed by atoms with Crippen molar-refractivity contribution >= 4 is 5.78 Å². The van der Waals surface area contributed by atoms with Gasteiger partial charge in [0.05, 0.1) is 6.42 Å². The Kier molecular flexibility index (Phi) is 3.92. The van der Waals surface area contributed by atoms with E-state index in [1.54, 1.807) is 0 Å². The van der Waals surface area contributed by atoms with E-state index in [0.29, 0.717) is 18.2 Å². The van der Waals surface area contributed by atoms with Crippen molar-refractivity contribution in [3.63, 3.8) is 0 Å². The van der Waals surface area contributed by atoms with Crippen LogP contribution in [0, 0.1) is 5.92 Å². The first kappa shape index (κ1) is 12.3. The molecule has 1 aromatic rings. The summed E-state index contributed by atoms with van der Waals surface area (Å²) in [6.45, 7) is 4.15. The standard InChI is InChI=1S/C13H20N2O2/c1-3-9(2)13-14-12(17-15-13)8-11(16)10-6-4-5-7-10/h9-10H,3-8H2,1-2H3. The molecule has 1 fully saturated rings. The van der Waals surface area contributed by atoms with E-state index in [1.165, 1.54) is 12.8 Å². The molecule has 0 N–H and O–H groups in total. The van der Waals surface area contributed by atoms with Crippen LogP contribution in [0.1, 0.15) is 63.6 Å². The van der Waals surface area contributed by atoms with Crippen molar-refractivity contribution in [2.24, 2.45) is 5.92 Å². The Balaban J connectivity index is 1.94. The smallest absolute Gasteiger partial charge is 0.234 e. The number of rotatable bonds is 5. The van der Waals surface area contributed by atoms with Crippen molar-refractivity contribution in [2.45, 2.75) is 58.3 Å². The molecule has 4 heteroatoms. The highest BCUT2D eigenvalue weighted by molar-refractivity contribution is 5.82. The summed E-state index contributed by atoms with van der Waals surface area (Å²) < 4.78 is 5.14. The molecule has 1 unspecified atom stereocenters. The largest absolute Gasteiger partial charge is 0.339 e. The van der Waals surface area contributed by atoms with Gasteiger partial charge in [-0.3, -0.25) is 4.79 Å². The fourth-order valence-electron chi connectivity index (χ4n) is 2.26. The number of nitrogens with zero attached hydrogens (tertiary/aromatic N) is 2. The topological polar surface area (TPSA) is 56.0 Å². The maximum Gasteiger partial charge on any atom is 0.234 e. The fraction of sp³-hybridized carbons (Fsp3) is 0.769. The lowest BCUT2D eigenvalue weighted by molar-refractivity contribution is -0.122. The van der Waals surface area contributed by atoms with Crippen LogP contribution in [0.2, 0.25) is 0 Å². The van der Waals surface area contributed by atoms with Crippen LogP contribution in [-0.2, 0) is 11.2 Å². The average Bonchev–Trinajstić information content (AvgIpc) is 2.98. The van der Waals surface area contributed by atoms with E-state index >= 15 is 0 Å². The third-order valence-corrected chi connectivity index (χ3v) is 3.67. The minimum atomic E-state index is 0.231. The summed E-state index contributed by atoms with van der Waals surface area (Å²) in [4.78, 5) is 16.2. The lowest BCUT2D eigenvalue weighted by Gasteiger charge is -2.04. The second-order valence-corrected chi connectivity index (χ2v) is 4.98. The molecular weight excluding hydrogens is 216 g/mol. The summed E-state index contributed by atoms with van der Waals surface area (Å²) in [6, 6.07) is 0. The van der Waals surface area contributed by atoms with Crippen LogP contribution in [0.15, 0.2) is 4.52 Å². The molecule has 0 amide bonds. The highest BCUT2D eigenvalue weighted by Gasteiger charge is 2.24. The van der Waals surface area contributed by atoms with Gasteiger partial charge >= 0.3 is 0 Å². The van der Waals surface area contributed by atoms with E-state index in [9.17, 15) is 4.79 Å². The number of aromatic nitrogens is 2. The van der Waals surface area contributed by atoms with E-state index < -0.39 is 0 Å². The molecule has 1 heterocycles. The molecule has 0 radical (unpaired) electrons. The van der Waals surface area contributed by atoms with Gasteiger partial charge < -0.3 is 4.52 Å². The third kappa shape index (κ3) is 2.93. The zero-order valence-corrected chi connectivity index (χ0v) is 10.6. The zero-order chi connectivity index (χ0) is 12.3. The highest BCUT2D eigenvalue weighted by atomic mass is 16.5. The monoisotopic (exact) mass is 236 g/mol. The molecule has 0 bridgehead atoms. The summed E-state index contributed by atoms with van der Waals surface area (Å²) in [5.41, 5.74) is 0. The van der Waals surface area contributed by atoms with Crippen LogP contribution in [0.4, 0.5) is 0 Å². The molecule has 1 aliphatic rings. The number of carbonyl (C=O) groups excluding carboxylic acids is 1. The molecular formula is C13H20N2O2. The first-order valence-corrected chi connectivity index (χ1v) is 6.56. The van der Waals surface area contributed by atoms with Crippen molar-refractivity contribution in [3.05, 3.63) is 11.7 Å². The maximum absolute atomic E-state index is 11.9. The predicted octanol–water partition coefficient (Wildman–Crippen LogP) is 2.88. The fourth-order valence-corrected chi connectivity index (χ4v) is 2.26. The van der Waals surface area contributed by atoms with Crippen LogP contribution in [0.5, 0.6) is 0 Å². The highest BCUT2D eigenvalue weighted by Crippen LogP contribution is 2.26. The molecule has 2 rings (SSSR count). The molecule has 17 heavy (non-hydrogen) atoms. The van der Waals surface area contributed by atoms with Crippen LogP contribution < -0.4 is 0 Å². The van der Waals surface area contributed by atoms with Gasteiger partial charge in [-0.25, -0.2) is 0 Å². The SMILES string of the molecule is CCC(C)c1noc(CC(=O)C2CCCC2)n1. The van der Waals surface area contributed by atoms with E-state index in [-0.39, 0.29) is 11.7 Å². The molecule has 0 aromatic carbocycles. The van der Waals surface area contributed by atoms with Gasteiger partial charge in [0.1, 0.15) is 5.78 Å². The molecule has 1 saturated carbocycles. The Hall–Kier alpha value is -1.19. The van der Waals surface area contributed by atoms with Crippen molar-refractivity contribution in [1.82, 2.24) is 10.1 Å². The van der Waals surface area contributed by atoms with E-state index in [2.05, 4.69) is 24.0 Å². The zero-order valence-electron chi connectivity index (χ0n) is 10.6. The summed E-state index contributed by atoms with van der Waals surface area (Å²) in [6.07, 6.45) is 5.72. The lowest BCUT2D eigenvalue weighted by atomic mass is 10.0. The Morgan fingerprint density at radius 1 is 1.47 bits per heavy atom. The van der Waals surface area contributed by atoms with Gasteiger partial charge in [0, 0.05) is 11.8 Å². The van der Waals surface area contributed by atoms with Gasteiger partial charge in [0.25, 0.3) is 0 Å². The van der Waals surface area contributed by atoms with E-state index in [0.717, 1.165) is 25.1 Å². The first-order chi connectivity index (χ1) is 8.20. The predicted molar refractivity (Wildman–Crippen MR) is 63.7 cm³/mol. The lowest BCUT2D eigenvalue weighted by Crippen LogP contribution is -2.13. The van der Waals surface area contributed by atoms with Crippen molar-refractivity contribution in [1.29, 1.82) is 0 Å². The molecule has 0 spiro atoms. The van der Waals surface area contributed by atoms with Gasteiger partial charge in [-0.15, -0.1) is 0 Å². The second-order valence-electron chi connectivity index (χ2n) is 4.98. The van der Waals surface area contributed by atoms with Crippen molar-refractivity contribution in [3.8, 4) is 0 Å². The quantitative estimate of drug-likeness (QED) is 0.788. The summed E-state index contributed by atoms with van der Waals surface area (Å²) in [7, 11) is 0. The molecule has 1 aromatic heterocycles. The number of hydrogen-bond acceptors (Lipinski definition) is 4. The summed E-state index contributed by atoms with van der Waals surface area (Å²) in [5, 5.41) is 3.93. The van der Waals surface area contributed by atoms with Crippen LogP contribution in [0.3, 0.4) is 0 Å². The molecule has 94 valence electrons. The second kappa shape index (κ2) is 5.43. The molecule has 0 saturated heterocycles. The van der Waals surface area contributed by atoms with Crippen LogP contribution >= 0.6 is 0 Å². The number of hydrogen-bond donors (Lipinski definition) is 0. The van der Waals surface area contributed by atoms with Gasteiger partial charge in [-0.1, -0.05) is 31.8 Å². The third-order valence-electron chi connectivity index (χ3n) is 3.67. The van der Waals surface area contributed by atoms with E-state index in [4.69, 9.17) is 4.52 Å². The van der Waals surface area contributed by atoms with Gasteiger partial charge in [0.15, 0.2) is 5.82 Å². The Labute approximate surface area is 102 Å². The average molecular weight is 236 g/mol. The maximum atomic E-state index is 11.9. The number of carbonyl (C=O) groups is 1. The minimum Gasteiger partial charge on any atom is -0.339 e. The van der Waals surface area contributed by atoms with Gasteiger partial charge in [-0.2, -0.15) is 4.98 Å². The number of ketones is 1. The summed E-state index contributed by atoms with van der Waals surface area (Å²) in [5.74, 6) is 2.00. The first-order valence-electron chi connectivity index (χ1n) is 6.56. The minimum absolute atomic E-state index is 0.231. The Morgan fingerprint density at radius 2 is 2.18 bits per heavy atom. The van der Waals surface area contributed by atoms with Crippen LogP contribution in [-0.4, -0.2) is 15.9 Å². The molecule has 1 aliphatic carbocycles. The van der Waals surface area contributed by atoms with E-state index in [1.807, 2.05) is 0 Å². The molecule has 0 aliphatic heterocycles. The molecule has 1 atom stereocenters. The van der Waals surface area contributed by atoms with Crippen molar-refractivity contribution in [2.75, 3.05) is 0 Å².